The number of carbonyl (C=O) groups is 1. The number of alkyl halides is 1. The van der Waals surface area contributed by atoms with E-state index >= 15 is 4.39 Å². The van der Waals surface area contributed by atoms with E-state index in [1.54, 1.807) is 25.1 Å². The summed E-state index contributed by atoms with van der Waals surface area (Å²) in [4.78, 5) is 12.9. The van der Waals surface area contributed by atoms with Gasteiger partial charge in [0.1, 0.15) is 6.17 Å². The van der Waals surface area contributed by atoms with Crippen LogP contribution in [0.25, 0.3) is 0 Å². The highest BCUT2D eigenvalue weighted by atomic mass is 32.2. The number of sulfonamides is 1. The van der Waals surface area contributed by atoms with E-state index in [1.165, 1.54) is 6.07 Å². The number of aryl methyl sites for hydroxylation is 1. The van der Waals surface area contributed by atoms with Crippen LogP contribution < -0.4 is 4.72 Å². The molecule has 0 heterocycles. The lowest BCUT2D eigenvalue weighted by molar-refractivity contribution is -0.222. The maximum Gasteiger partial charge on any atom is 0.264 e. The number of aliphatic hydroxyl groups excluding tert-OH is 2. The van der Waals surface area contributed by atoms with Crippen molar-refractivity contribution >= 4 is 15.9 Å². The summed E-state index contributed by atoms with van der Waals surface area (Å²) in [6.45, 7) is 10.6. The number of benzene rings is 1. The van der Waals surface area contributed by atoms with Crippen LogP contribution in [0.3, 0.4) is 0 Å². The highest BCUT2D eigenvalue weighted by Gasteiger charge is 2.66. The van der Waals surface area contributed by atoms with Crippen LogP contribution in [0.5, 0.6) is 0 Å². The molecule has 0 radical (unpaired) electrons. The van der Waals surface area contributed by atoms with Gasteiger partial charge in [0, 0.05) is 12.3 Å². The summed E-state index contributed by atoms with van der Waals surface area (Å²) in [5.74, 6) is 0.412. The molecule has 4 aliphatic carbocycles. The van der Waals surface area contributed by atoms with E-state index in [9.17, 15) is 23.4 Å². The van der Waals surface area contributed by atoms with Crippen molar-refractivity contribution in [2.75, 3.05) is 0 Å². The first-order chi connectivity index (χ1) is 19.3. The van der Waals surface area contributed by atoms with Crippen LogP contribution >= 0.6 is 0 Å². The standard InChI is InChI=1S/C33H50FNO5S/c1-6-21-29-30(34)25(36)16-18-33(29,5)24-15-17-32(4)22(12-13-23(32)28(24)31(21)38)19(2)11-14-27(37)35-41(39,40)26-10-8-7-9-20(26)3/h7-10,19,21-25,28-31,36,38H,6,11-18H2,1-5H3,(H,35,37)/t19-,21-,22?,23?,24?,25-,28?,29?,30+,31-,32-,33-/m1/s1. The van der Waals surface area contributed by atoms with E-state index in [0.29, 0.717) is 36.7 Å². The van der Waals surface area contributed by atoms with E-state index in [0.717, 1.165) is 32.1 Å². The molecule has 4 fully saturated rings. The smallest absolute Gasteiger partial charge is 0.264 e. The summed E-state index contributed by atoms with van der Waals surface area (Å²) in [6.07, 6.45) is 4.03. The minimum absolute atomic E-state index is 0.0239. The third-order valence-corrected chi connectivity index (χ3v) is 14.1. The summed E-state index contributed by atoms with van der Waals surface area (Å²) in [5.41, 5.74) is 0.411. The van der Waals surface area contributed by atoms with Crippen molar-refractivity contribution in [3.63, 3.8) is 0 Å². The Morgan fingerprint density at radius 2 is 1.73 bits per heavy atom. The zero-order valence-electron chi connectivity index (χ0n) is 25.4. The Kier molecular flexibility index (Phi) is 8.45. The Labute approximate surface area is 245 Å². The van der Waals surface area contributed by atoms with Crippen LogP contribution in [-0.4, -0.2) is 42.9 Å². The predicted molar refractivity (Wildman–Crippen MR) is 157 cm³/mol. The zero-order chi connectivity index (χ0) is 29.9. The van der Waals surface area contributed by atoms with Crippen molar-refractivity contribution in [3.8, 4) is 0 Å². The SMILES string of the molecule is CC[C@@H]1C2[C@@H](F)[C@H](O)CC[C@]2(C)C2CC[C@@]3(C)C(CCC3[C@H](C)CCC(=O)NS(=O)(=O)c3ccccc3C)C2[C@@H]1O. The zero-order valence-corrected chi connectivity index (χ0v) is 26.2. The molecule has 12 atom stereocenters. The number of fused-ring (bicyclic) bond motifs is 5. The topological polar surface area (TPSA) is 104 Å². The largest absolute Gasteiger partial charge is 0.393 e. The molecule has 0 aliphatic heterocycles. The van der Waals surface area contributed by atoms with Gasteiger partial charge in [0.15, 0.2) is 0 Å². The van der Waals surface area contributed by atoms with Crippen LogP contribution in [-0.2, 0) is 14.8 Å². The number of nitrogens with one attached hydrogen (secondary N) is 1. The van der Waals surface area contributed by atoms with Gasteiger partial charge in [0.2, 0.25) is 5.91 Å². The van der Waals surface area contributed by atoms with Gasteiger partial charge in [-0.2, -0.15) is 0 Å². The highest BCUT2D eigenvalue weighted by molar-refractivity contribution is 7.90. The molecule has 4 aliphatic rings. The van der Waals surface area contributed by atoms with E-state index in [1.807, 2.05) is 6.92 Å². The monoisotopic (exact) mass is 591 g/mol. The molecule has 1 aromatic carbocycles. The Hall–Kier alpha value is -1.51. The molecule has 0 bridgehead atoms. The third-order valence-electron chi connectivity index (χ3n) is 12.6. The van der Waals surface area contributed by atoms with Crippen molar-refractivity contribution < 1.29 is 27.8 Å². The lowest BCUT2D eigenvalue weighted by Gasteiger charge is -2.65. The van der Waals surface area contributed by atoms with Gasteiger partial charge in [-0.1, -0.05) is 52.3 Å². The van der Waals surface area contributed by atoms with E-state index in [-0.39, 0.29) is 51.7 Å². The highest BCUT2D eigenvalue weighted by Crippen LogP contribution is 2.69. The molecule has 41 heavy (non-hydrogen) atoms. The molecule has 5 unspecified atom stereocenters. The number of carbonyl (C=O) groups excluding carboxylic acids is 1. The first-order valence-electron chi connectivity index (χ1n) is 15.9. The summed E-state index contributed by atoms with van der Waals surface area (Å²) in [7, 11) is -3.91. The molecule has 0 spiro atoms. The second kappa shape index (κ2) is 11.2. The molecule has 230 valence electrons. The van der Waals surface area contributed by atoms with Crippen LogP contribution in [0.1, 0.15) is 91.0 Å². The summed E-state index contributed by atoms with van der Waals surface area (Å²) < 4.78 is 43.4. The molecular weight excluding hydrogens is 541 g/mol. The lowest BCUT2D eigenvalue weighted by atomic mass is 9.41. The maximum atomic E-state index is 15.6. The van der Waals surface area contributed by atoms with Crippen LogP contribution in [0.4, 0.5) is 4.39 Å². The number of hydrogen-bond donors (Lipinski definition) is 3. The number of amides is 1. The van der Waals surface area contributed by atoms with Crippen molar-refractivity contribution in [1.29, 1.82) is 0 Å². The van der Waals surface area contributed by atoms with Gasteiger partial charge in [-0.25, -0.2) is 17.5 Å². The quantitative estimate of drug-likeness (QED) is 0.372. The van der Waals surface area contributed by atoms with E-state index in [4.69, 9.17) is 0 Å². The first kappa shape index (κ1) is 30.9. The molecule has 3 N–H and O–H groups in total. The van der Waals surface area contributed by atoms with Gasteiger partial charge < -0.3 is 10.2 Å². The number of halogens is 1. The fraction of sp³-hybridized carbons (Fsp3) is 0.788. The Balaban J connectivity index is 1.28. The van der Waals surface area contributed by atoms with Gasteiger partial charge >= 0.3 is 0 Å². The minimum Gasteiger partial charge on any atom is -0.393 e. The third kappa shape index (κ3) is 5.08. The molecule has 5 rings (SSSR count). The molecule has 8 heteroatoms. The summed E-state index contributed by atoms with van der Waals surface area (Å²) >= 11 is 0. The fourth-order valence-corrected chi connectivity index (χ4v) is 11.9. The van der Waals surface area contributed by atoms with Gasteiger partial charge in [-0.05, 0) is 110 Å². The van der Waals surface area contributed by atoms with E-state index < -0.39 is 34.3 Å². The summed E-state index contributed by atoms with van der Waals surface area (Å²) in [6, 6.07) is 6.65. The first-order valence-corrected chi connectivity index (χ1v) is 17.4. The molecule has 6 nitrogen and oxygen atoms in total. The van der Waals surface area contributed by atoms with Crippen LogP contribution in [0, 0.1) is 59.2 Å². The molecule has 0 aromatic heterocycles. The Bertz CT molecular complexity index is 1240. The Morgan fingerprint density at radius 1 is 1.07 bits per heavy atom. The number of aliphatic hydroxyl groups is 2. The number of hydrogen-bond acceptors (Lipinski definition) is 5. The fourth-order valence-electron chi connectivity index (χ4n) is 10.6. The van der Waals surface area contributed by atoms with Crippen LogP contribution in [0.2, 0.25) is 0 Å². The normalized spacial score (nSPS) is 43.0. The molecule has 1 aromatic rings. The minimum atomic E-state index is -3.91. The second-order valence-corrected chi connectivity index (χ2v) is 16.1. The van der Waals surface area contributed by atoms with E-state index in [2.05, 4.69) is 25.5 Å². The maximum absolute atomic E-state index is 15.6. The average Bonchev–Trinajstić information content (AvgIpc) is 3.27. The average molecular weight is 592 g/mol. The van der Waals surface area contributed by atoms with Gasteiger partial charge in [0.25, 0.3) is 10.0 Å². The Morgan fingerprint density at radius 3 is 2.41 bits per heavy atom. The number of rotatable bonds is 7. The lowest BCUT2D eigenvalue weighted by Crippen LogP contribution is -2.65. The second-order valence-electron chi connectivity index (χ2n) is 14.5. The van der Waals surface area contributed by atoms with Crippen molar-refractivity contribution in [2.24, 2.45) is 52.3 Å². The molecule has 4 saturated carbocycles. The van der Waals surface area contributed by atoms with Crippen molar-refractivity contribution in [3.05, 3.63) is 29.8 Å². The van der Waals surface area contributed by atoms with Crippen LogP contribution in [0.15, 0.2) is 29.2 Å². The predicted octanol–water partition coefficient (Wildman–Crippen LogP) is 5.79. The van der Waals surface area contributed by atoms with Gasteiger partial charge in [-0.3, -0.25) is 4.79 Å². The van der Waals surface area contributed by atoms with Crippen molar-refractivity contribution in [2.45, 2.75) is 116 Å². The van der Waals surface area contributed by atoms with Crippen molar-refractivity contribution in [1.82, 2.24) is 4.72 Å². The van der Waals surface area contributed by atoms with Gasteiger partial charge in [0.05, 0.1) is 17.1 Å². The molecule has 0 saturated heterocycles. The molecule has 1 amide bonds. The van der Waals surface area contributed by atoms with Gasteiger partial charge in [-0.15, -0.1) is 0 Å². The summed E-state index contributed by atoms with van der Waals surface area (Å²) in [5, 5.41) is 22.3. The molecular formula is C33H50FNO5S.